The zero-order valence-electron chi connectivity index (χ0n) is 18.2. The van der Waals surface area contributed by atoms with E-state index >= 15 is 0 Å². The van der Waals surface area contributed by atoms with Gasteiger partial charge in [0.1, 0.15) is 0 Å². The van der Waals surface area contributed by atoms with E-state index in [1.165, 1.54) is 25.5 Å². The molecule has 6 rings (SSSR count). The molecule has 4 aliphatic carbocycles. The standard InChI is InChI=1S/C24H31ClFN5O/c25-19-4-2-1-3-16(19)12-28-23-29-13-20(26)22(31-23)30-14-24-9-15-7-17(10-24)21(27-5-6-32)18(8-15)11-24/h1-4,13,15,17-18,21,27,32H,5-12,14H2,(H2,28,29,30,31)/t15?,17-,18+,21?,24?. The smallest absolute Gasteiger partial charge is 0.225 e. The molecule has 5 atom stereocenters. The molecule has 0 amide bonds. The first-order chi connectivity index (χ1) is 15.5. The van der Waals surface area contributed by atoms with E-state index < -0.39 is 5.82 Å². The van der Waals surface area contributed by atoms with Crippen LogP contribution in [0, 0.1) is 29.0 Å². The van der Waals surface area contributed by atoms with Gasteiger partial charge in [-0.3, -0.25) is 0 Å². The molecule has 0 spiro atoms. The number of nitrogens with one attached hydrogen (secondary N) is 3. The fourth-order valence-corrected chi connectivity index (χ4v) is 6.84. The summed E-state index contributed by atoms with van der Waals surface area (Å²) in [6.45, 7) is 2.07. The van der Waals surface area contributed by atoms with Gasteiger partial charge >= 0.3 is 0 Å². The van der Waals surface area contributed by atoms with Crippen LogP contribution in [0.1, 0.15) is 37.7 Å². The molecule has 0 saturated heterocycles. The van der Waals surface area contributed by atoms with Crippen molar-refractivity contribution in [1.29, 1.82) is 0 Å². The first kappa shape index (κ1) is 21.9. The zero-order chi connectivity index (χ0) is 22.1. The zero-order valence-corrected chi connectivity index (χ0v) is 18.9. The second-order valence-corrected chi connectivity index (χ2v) is 10.3. The normalized spacial score (nSPS) is 30.5. The van der Waals surface area contributed by atoms with Crippen LogP contribution in [0.3, 0.4) is 0 Å². The van der Waals surface area contributed by atoms with E-state index in [2.05, 4.69) is 25.9 Å². The Morgan fingerprint density at radius 3 is 2.66 bits per heavy atom. The topological polar surface area (TPSA) is 82.1 Å². The van der Waals surface area contributed by atoms with Gasteiger partial charge in [0.2, 0.25) is 5.95 Å². The fourth-order valence-electron chi connectivity index (χ4n) is 6.64. The number of hydrogen-bond donors (Lipinski definition) is 4. The van der Waals surface area contributed by atoms with Gasteiger partial charge in [0.05, 0.1) is 12.8 Å². The average Bonchev–Trinajstić information content (AvgIpc) is 2.78. The molecule has 4 fully saturated rings. The molecule has 4 aliphatic rings. The van der Waals surface area contributed by atoms with Gasteiger partial charge < -0.3 is 21.1 Å². The van der Waals surface area contributed by atoms with Gasteiger partial charge in [-0.05, 0) is 66.9 Å². The lowest BCUT2D eigenvalue weighted by atomic mass is 9.48. The van der Waals surface area contributed by atoms with Crippen LogP contribution in [-0.2, 0) is 6.54 Å². The van der Waals surface area contributed by atoms with Gasteiger partial charge in [0.15, 0.2) is 11.6 Å². The summed E-state index contributed by atoms with van der Waals surface area (Å²) in [6, 6.07) is 8.11. The van der Waals surface area contributed by atoms with Crippen molar-refractivity contribution in [2.45, 2.75) is 44.7 Å². The molecule has 172 valence electrons. The van der Waals surface area contributed by atoms with Crippen LogP contribution in [0.5, 0.6) is 0 Å². The second-order valence-electron chi connectivity index (χ2n) is 9.86. The third-order valence-electron chi connectivity index (χ3n) is 7.66. The van der Waals surface area contributed by atoms with Gasteiger partial charge in [-0.25, -0.2) is 9.37 Å². The molecule has 32 heavy (non-hydrogen) atoms. The highest BCUT2D eigenvalue weighted by atomic mass is 35.5. The summed E-state index contributed by atoms with van der Waals surface area (Å²) in [5, 5.41) is 19.9. The Kier molecular flexibility index (Phi) is 6.23. The lowest BCUT2D eigenvalue weighted by Gasteiger charge is -2.60. The minimum atomic E-state index is -0.430. The molecule has 6 nitrogen and oxygen atoms in total. The van der Waals surface area contributed by atoms with Crippen molar-refractivity contribution in [3.8, 4) is 0 Å². The van der Waals surface area contributed by atoms with E-state index in [1.807, 2.05) is 24.3 Å². The van der Waals surface area contributed by atoms with Crippen molar-refractivity contribution in [3.63, 3.8) is 0 Å². The average molecular weight is 460 g/mol. The summed E-state index contributed by atoms with van der Waals surface area (Å²) in [7, 11) is 0. The maximum absolute atomic E-state index is 14.5. The van der Waals surface area contributed by atoms with Gasteiger partial charge in [-0.15, -0.1) is 0 Å². The third kappa shape index (κ3) is 4.43. The van der Waals surface area contributed by atoms with Crippen LogP contribution in [0.15, 0.2) is 30.5 Å². The van der Waals surface area contributed by atoms with E-state index in [4.69, 9.17) is 11.6 Å². The number of anilines is 2. The monoisotopic (exact) mass is 459 g/mol. The van der Waals surface area contributed by atoms with Crippen molar-refractivity contribution < 1.29 is 9.50 Å². The maximum atomic E-state index is 14.5. The van der Waals surface area contributed by atoms with Crippen molar-refractivity contribution in [2.24, 2.45) is 23.2 Å². The van der Waals surface area contributed by atoms with E-state index in [1.54, 1.807) is 0 Å². The SMILES string of the molecule is OCCNC1[C@@H]2CC3C[C@H]1CC(CNc1nc(NCc4ccccc4Cl)ncc1F)(C3)C2. The number of aliphatic hydroxyl groups is 1. The minimum absolute atomic E-state index is 0.186. The molecule has 1 aromatic carbocycles. The Bertz CT molecular complexity index is 944. The molecular formula is C24H31ClFN5O. The lowest BCUT2D eigenvalue weighted by Crippen LogP contribution is -2.60. The molecule has 4 N–H and O–H groups in total. The Morgan fingerprint density at radius 2 is 1.91 bits per heavy atom. The lowest BCUT2D eigenvalue weighted by molar-refractivity contribution is -0.0698. The maximum Gasteiger partial charge on any atom is 0.225 e. The van der Waals surface area contributed by atoms with Crippen LogP contribution >= 0.6 is 11.6 Å². The Morgan fingerprint density at radius 1 is 1.12 bits per heavy atom. The van der Waals surface area contributed by atoms with E-state index in [9.17, 15) is 9.50 Å². The molecule has 4 saturated carbocycles. The number of aromatic nitrogens is 2. The van der Waals surface area contributed by atoms with Crippen molar-refractivity contribution in [2.75, 3.05) is 30.3 Å². The molecule has 2 aromatic rings. The number of halogens is 2. The van der Waals surface area contributed by atoms with Gasteiger partial charge in [0, 0.05) is 30.7 Å². The minimum Gasteiger partial charge on any atom is -0.395 e. The second kappa shape index (κ2) is 9.12. The van der Waals surface area contributed by atoms with Crippen LogP contribution in [-0.4, -0.2) is 40.8 Å². The number of aliphatic hydroxyl groups excluding tert-OH is 1. The van der Waals surface area contributed by atoms with Gasteiger partial charge in [-0.2, -0.15) is 4.98 Å². The largest absolute Gasteiger partial charge is 0.395 e. The molecule has 3 unspecified atom stereocenters. The van der Waals surface area contributed by atoms with Crippen LogP contribution in [0.2, 0.25) is 5.02 Å². The van der Waals surface area contributed by atoms with Crippen molar-refractivity contribution >= 4 is 23.4 Å². The molecule has 4 bridgehead atoms. The quantitative estimate of drug-likeness (QED) is 0.452. The number of rotatable bonds is 9. The highest BCUT2D eigenvalue weighted by Crippen LogP contribution is 2.60. The van der Waals surface area contributed by atoms with Gasteiger partial charge in [0.25, 0.3) is 0 Å². The van der Waals surface area contributed by atoms with E-state index in [0.717, 1.165) is 30.9 Å². The summed E-state index contributed by atoms with van der Waals surface area (Å²) < 4.78 is 14.5. The van der Waals surface area contributed by atoms with E-state index in [0.29, 0.717) is 41.9 Å². The highest BCUT2D eigenvalue weighted by molar-refractivity contribution is 6.31. The molecule has 0 aliphatic heterocycles. The molecular weight excluding hydrogens is 429 g/mol. The summed E-state index contributed by atoms with van der Waals surface area (Å²) >= 11 is 6.21. The molecule has 1 heterocycles. The predicted octanol–water partition coefficient (Wildman–Crippen LogP) is 4.07. The van der Waals surface area contributed by atoms with E-state index in [-0.39, 0.29) is 17.8 Å². The fraction of sp³-hybridized carbons (Fsp3) is 0.583. The summed E-state index contributed by atoms with van der Waals surface area (Å²) in [4.78, 5) is 8.49. The molecule has 0 radical (unpaired) electrons. The summed E-state index contributed by atoms with van der Waals surface area (Å²) in [5.74, 6) is 2.28. The predicted molar refractivity (Wildman–Crippen MR) is 124 cm³/mol. The number of hydrogen-bond acceptors (Lipinski definition) is 6. The van der Waals surface area contributed by atoms with Crippen molar-refractivity contribution in [1.82, 2.24) is 15.3 Å². The summed E-state index contributed by atoms with van der Waals surface area (Å²) in [6.07, 6.45) is 7.29. The van der Waals surface area contributed by atoms with Crippen LogP contribution in [0.25, 0.3) is 0 Å². The Balaban J connectivity index is 1.23. The number of nitrogens with zero attached hydrogens (tertiary/aromatic N) is 2. The first-order valence-corrected chi connectivity index (χ1v) is 12.0. The number of benzene rings is 1. The highest BCUT2D eigenvalue weighted by Gasteiger charge is 2.54. The van der Waals surface area contributed by atoms with Gasteiger partial charge in [-0.1, -0.05) is 29.8 Å². The third-order valence-corrected chi connectivity index (χ3v) is 8.03. The van der Waals surface area contributed by atoms with Crippen LogP contribution < -0.4 is 16.0 Å². The Labute approximate surface area is 193 Å². The van der Waals surface area contributed by atoms with Crippen LogP contribution in [0.4, 0.5) is 16.2 Å². The molecule has 8 heteroatoms. The molecule has 1 aromatic heterocycles. The van der Waals surface area contributed by atoms with Crippen molar-refractivity contribution in [3.05, 3.63) is 46.9 Å². The summed E-state index contributed by atoms with van der Waals surface area (Å²) in [5.41, 5.74) is 1.14. The first-order valence-electron chi connectivity index (χ1n) is 11.6. The Hall–Kier alpha value is -1.96.